The van der Waals surface area contributed by atoms with E-state index in [-0.39, 0.29) is 36.7 Å². The summed E-state index contributed by atoms with van der Waals surface area (Å²) in [6.45, 7) is 5.08. The summed E-state index contributed by atoms with van der Waals surface area (Å²) in [4.78, 5) is 62.3. The highest BCUT2D eigenvalue weighted by molar-refractivity contribution is 9.11. The molecule has 6 nitrogen and oxygen atoms in total. The van der Waals surface area contributed by atoms with Gasteiger partial charge in [-0.1, -0.05) is 219 Å². The zero-order chi connectivity index (χ0) is 56.2. The third-order valence-corrected chi connectivity index (χ3v) is 19.6. The third-order valence-electron chi connectivity index (χ3n) is 18.4. The van der Waals surface area contributed by atoms with E-state index in [9.17, 15) is 19.2 Å². The Bertz CT molecular complexity index is 4010. The van der Waals surface area contributed by atoms with Gasteiger partial charge in [0.15, 0.2) is 0 Å². The molecule has 2 aliphatic heterocycles. The number of hydrogen-bond acceptors (Lipinski definition) is 4. The molecule has 412 valence electrons. The van der Waals surface area contributed by atoms with Crippen molar-refractivity contribution in [1.82, 2.24) is 9.80 Å². The Kier molecular flexibility index (Phi) is 15.2. The number of unbranched alkanes of at least 4 members (excludes halogenated alkanes) is 10. The molecule has 0 radical (unpaired) electrons. The van der Waals surface area contributed by atoms with E-state index in [1.807, 2.05) is 36.4 Å². The molecule has 13 rings (SSSR count). The monoisotopic (exact) mass is 1210 g/mol. The van der Waals surface area contributed by atoms with Crippen LogP contribution in [0.4, 0.5) is 0 Å². The second-order valence-electron chi connectivity index (χ2n) is 23.2. The van der Waals surface area contributed by atoms with Crippen LogP contribution in [0.2, 0.25) is 0 Å². The van der Waals surface area contributed by atoms with Crippen molar-refractivity contribution in [2.45, 2.75) is 129 Å². The lowest BCUT2D eigenvalue weighted by Gasteiger charge is -2.31. The molecule has 11 aromatic carbocycles. The average molecular weight is 1210 g/mol. The van der Waals surface area contributed by atoms with Crippen LogP contribution in [0.1, 0.15) is 167 Å². The van der Waals surface area contributed by atoms with Crippen molar-refractivity contribution >= 4 is 142 Å². The van der Waals surface area contributed by atoms with Gasteiger partial charge in [-0.05, 0) is 152 Å². The molecular formula is C74H68Br2N2O4. The highest BCUT2D eigenvalue weighted by Crippen LogP contribution is 2.51. The maximum atomic E-state index is 14.9. The molecule has 0 atom stereocenters. The molecule has 11 aromatic rings. The van der Waals surface area contributed by atoms with Gasteiger partial charge in [-0.25, -0.2) is 0 Å². The van der Waals surface area contributed by atoms with Crippen molar-refractivity contribution in [3.8, 4) is 0 Å². The van der Waals surface area contributed by atoms with Crippen LogP contribution in [0.15, 0.2) is 142 Å². The first-order valence-electron chi connectivity index (χ1n) is 30.3. The van der Waals surface area contributed by atoms with Gasteiger partial charge in [0.2, 0.25) is 0 Å². The molecule has 4 amide bonds. The SMILES string of the molecule is CCCCCCCCc1c2ccccc2c(CCCN2C(=O)c3ccc4c5c(Br)cc6c7c(ccc(c8c(Br)cc(c3c48)C2=O)c75)C(=O)N(CCCc2c3ccccc3c(CCCCCCCC)c3ccccc23)C6=O)c2ccccc12. The molecule has 0 fully saturated rings. The topological polar surface area (TPSA) is 74.8 Å². The van der Waals surface area contributed by atoms with Gasteiger partial charge < -0.3 is 0 Å². The lowest BCUT2D eigenvalue weighted by Crippen LogP contribution is -2.41. The largest absolute Gasteiger partial charge is 0.274 e. The van der Waals surface area contributed by atoms with Crippen LogP contribution in [0, 0.1) is 0 Å². The molecule has 0 bridgehead atoms. The van der Waals surface area contributed by atoms with E-state index in [0.717, 1.165) is 45.2 Å². The summed E-state index contributed by atoms with van der Waals surface area (Å²) in [5.74, 6) is -1.21. The highest BCUT2D eigenvalue weighted by Gasteiger charge is 2.38. The fourth-order valence-electron chi connectivity index (χ4n) is 14.6. The number of carbonyl (C=O) groups excluding carboxylic acids is 4. The minimum absolute atomic E-state index is 0.278. The maximum Gasteiger partial charge on any atom is 0.261 e. The number of amides is 4. The van der Waals surface area contributed by atoms with E-state index in [4.69, 9.17) is 0 Å². The Labute approximate surface area is 496 Å². The Balaban J connectivity index is 0.783. The number of hydrogen-bond donors (Lipinski definition) is 0. The normalized spacial score (nSPS) is 13.7. The van der Waals surface area contributed by atoms with Crippen LogP contribution in [-0.2, 0) is 25.7 Å². The molecule has 0 saturated carbocycles. The van der Waals surface area contributed by atoms with Gasteiger partial charge in [0.05, 0.1) is 0 Å². The van der Waals surface area contributed by atoms with Crippen molar-refractivity contribution in [3.05, 3.63) is 187 Å². The van der Waals surface area contributed by atoms with Crippen LogP contribution in [0.25, 0.3) is 86.2 Å². The smallest absolute Gasteiger partial charge is 0.261 e. The summed E-state index contributed by atoms with van der Waals surface area (Å²) < 4.78 is 1.42. The number of nitrogens with zero attached hydrogens (tertiary/aromatic N) is 2. The van der Waals surface area contributed by atoms with Gasteiger partial charge in [-0.2, -0.15) is 0 Å². The zero-order valence-electron chi connectivity index (χ0n) is 47.1. The first kappa shape index (κ1) is 54.3. The van der Waals surface area contributed by atoms with Gasteiger partial charge in [-0.15, -0.1) is 0 Å². The first-order chi connectivity index (χ1) is 40.2. The van der Waals surface area contributed by atoms with Crippen molar-refractivity contribution in [3.63, 3.8) is 0 Å². The average Bonchev–Trinajstić information content (AvgIpc) is 0.856. The molecule has 2 aliphatic rings. The quantitative estimate of drug-likeness (QED) is 0.0293. The summed E-state index contributed by atoms with van der Waals surface area (Å²) in [5.41, 5.74) is 7.29. The molecule has 0 N–H and O–H groups in total. The fourth-order valence-corrected chi connectivity index (χ4v) is 15.8. The number of carbonyl (C=O) groups is 4. The highest BCUT2D eigenvalue weighted by atomic mass is 79.9. The number of aryl methyl sites for hydroxylation is 4. The maximum absolute atomic E-state index is 14.9. The summed E-state index contributed by atoms with van der Waals surface area (Å²) in [6.07, 6.45) is 19.8. The second-order valence-corrected chi connectivity index (χ2v) is 25.0. The Morgan fingerprint density at radius 3 is 0.890 bits per heavy atom. The number of halogens is 2. The second kappa shape index (κ2) is 23.0. The molecular weight excluding hydrogens is 1140 g/mol. The van der Waals surface area contributed by atoms with Gasteiger partial charge >= 0.3 is 0 Å². The van der Waals surface area contributed by atoms with Crippen LogP contribution < -0.4 is 0 Å². The van der Waals surface area contributed by atoms with Crippen molar-refractivity contribution < 1.29 is 19.2 Å². The molecule has 0 saturated heterocycles. The Morgan fingerprint density at radius 2 is 0.573 bits per heavy atom. The lowest BCUT2D eigenvalue weighted by atomic mass is 9.82. The number of fused-ring (bicyclic) bond motifs is 6. The lowest BCUT2D eigenvalue weighted by molar-refractivity contribution is 0.0593. The summed E-state index contributed by atoms with van der Waals surface area (Å²) in [7, 11) is 0. The van der Waals surface area contributed by atoms with Gasteiger partial charge in [0, 0.05) is 76.6 Å². The van der Waals surface area contributed by atoms with E-state index in [1.54, 1.807) is 0 Å². The van der Waals surface area contributed by atoms with Crippen molar-refractivity contribution in [2.24, 2.45) is 0 Å². The van der Waals surface area contributed by atoms with Crippen molar-refractivity contribution in [1.29, 1.82) is 0 Å². The molecule has 0 aliphatic carbocycles. The molecule has 82 heavy (non-hydrogen) atoms. The first-order valence-corrected chi connectivity index (χ1v) is 31.9. The van der Waals surface area contributed by atoms with Crippen LogP contribution >= 0.6 is 31.9 Å². The van der Waals surface area contributed by atoms with Gasteiger partial charge in [-0.3, -0.25) is 29.0 Å². The van der Waals surface area contributed by atoms with Crippen LogP contribution in [0.5, 0.6) is 0 Å². The van der Waals surface area contributed by atoms with Crippen LogP contribution in [-0.4, -0.2) is 46.5 Å². The number of rotatable bonds is 22. The third kappa shape index (κ3) is 9.18. The van der Waals surface area contributed by atoms with E-state index in [0.29, 0.717) is 67.7 Å². The number of imide groups is 2. The minimum atomic E-state index is -0.306. The summed E-state index contributed by atoms with van der Waals surface area (Å²) >= 11 is 7.89. The summed E-state index contributed by atoms with van der Waals surface area (Å²) in [6, 6.07) is 46.5. The Morgan fingerprint density at radius 1 is 0.293 bits per heavy atom. The predicted molar refractivity (Wildman–Crippen MR) is 347 cm³/mol. The minimum Gasteiger partial charge on any atom is -0.274 e. The predicted octanol–water partition coefficient (Wildman–Crippen LogP) is 20.1. The number of benzene rings is 11. The van der Waals surface area contributed by atoms with E-state index < -0.39 is 0 Å². The van der Waals surface area contributed by atoms with Crippen molar-refractivity contribution in [2.75, 3.05) is 13.1 Å². The van der Waals surface area contributed by atoms with E-state index in [1.165, 1.54) is 152 Å². The van der Waals surface area contributed by atoms with Crippen LogP contribution in [0.3, 0.4) is 0 Å². The molecule has 0 unspecified atom stereocenters. The zero-order valence-corrected chi connectivity index (χ0v) is 50.3. The summed E-state index contributed by atoms with van der Waals surface area (Å²) in [5, 5.41) is 16.4. The molecule has 0 spiro atoms. The molecule has 0 aromatic heterocycles. The molecule has 8 heteroatoms. The van der Waals surface area contributed by atoms with Gasteiger partial charge in [0.1, 0.15) is 0 Å². The molecule has 2 heterocycles. The fraction of sp³-hybridized carbons (Fsp3) is 0.297. The van der Waals surface area contributed by atoms with E-state index in [2.05, 4.69) is 143 Å². The van der Waals surface area contributed by atoms with E-state index >= 15 is 0 Å². The van der Waals surface area contributed by atoms with Gasteiger partial charge in [0.25, 0.3) is 23.6 Å². The standard InChI is InChI=1S/C74H68Br2N2O4/c1-3-5-7-9-11-13-25-45-47-27-15-19-31-51(47)55(52-32-20-16-28-48(45)52)35-23-41-77-71(79)59-39-37-57-68-64(76)44-62-66-60(40-38-58(70(66)68)67-63(75)43-61(73(77)81)65(59)69(57)67)72(80)78(74(62)82)42-24-36-56-53-33-21-17-29-49(53)46(26-14-12-10-8-6-4-2)50-30-18-22-34-54(50)56/h15-22,27-34,37-40,43-44H,3-14,23-26,35-36,41-42H2,1-2H3. The Hall–Kier alpha value is -7.00.